The van der Waals surface area contributed by atoms with E-state index in [1.807, 2.05) is 12.3 Å². The molecule has 1 aliphatic carbocycles. The number of pyridine rings is 1. The highest BCUT2D eigenvalue weighted by atomic mass is 16.5. The van der Waals surface area contributed by atoms with Crippen LogP contribution in [-0.4, -0.2) is 65.7 Å². The maximum atomic E-state index is 13.2. The maximum absolute atomic E-state index is 13.2. The van der Waals surface area contributed by atoms with E-state index < -0.39 is 0 Å². The van der Waals surface area contributed by atoms with E-state index in [1.54, 1.807) is 7.11 Å². The van der Waals surface area contributed by atoms with Crippen molar-refractivity contribution in [3.8, 4) is 5.88 Å². The quantitative estimate of drug-likeness (QED) is 0.616. The average molecular weight is 477 g/mol. The third-order valence-corrected chi connectivity index (χ3v) is 8.52. The molecular formula is C27H36N6O2. The second-order valence-corrected chi connectivity index (χ2v) is 10.6. The van der Waals surface area contributed by atoms with Gasteiger partial charge >= 0.3 is 6.03 Å². The number of amides is 2. The molecule has 0 spiro atoms. The number of nitrogens with one attached hydrogen (secondary N) is 3. The van der Waals surface area contributed by atoms with E-state index in [1.165, 1.54) is 11.1 Å². The number of nitrogens with zero attached hydrogens (tertiary/aromatic N) is 3. The number of rotatable bonds is 5. The van der Waals surface area contributed by atoms with Crippen LogP contribution < -0.4 is 20.9 Å². The number of fused-ring (bicyclic) bond motifs is 2. The number of carbonyl (C=O) groups is 1. The van der Waals surface area contributed by atoms with E-state index in [0.717, 1.165) is 51.9 Å². The molecule has 3 saturated heterocycles. The monoisotopic (exact) mass is 476 g/mol. The van der Waals surface area contributed by atoms with Crippen molar-refractivity contribution >= 4 is 6.03 Å². The third kappa shape index (κ3) is 4.62. The number of ether oxygens (including phenoxy) is 1. The fraction of sp³-hybridized carbons (Fsp3) is 0.556. The smallest absolute Gasteiger partial charge is 0.317 e. The lowest BCUT2D eigenvalue weighted by Crippen LogP contribution is -2.64. The molecule has 0 radical (unpaired) electrons. The summed E-state index contributed by atoms with van der Waals surface area (Å²) in [5.74, 6) is 1.59. The summed E-state index contributed by atoms with van der Waals surface area (Å²) in [6.07, 6.45) is 6.10. The first-order valence-corrected chi connectivity index (χ1v) is 13.0. The standard InChI is InChI=1S/C27H36N6O2/c1-35-25-13-19(9-10-28-25)26-22-12-20-16-33(27(34)29-23(20)14-24(22)30-31-26)21-8-5-11-32(17-21)15-18-6-3-2-4-7-18/h2-4,6-7,9-10,13,20-24,26,30-31H,5,8,11-12,14-17H2,1H3,(H,29,34)/t20?,21-,22?,23?,24?,26?/m1/s1. The number of hydrazine groups is 1. The Labute approximate surface area is 207 Å². The zero-order valence-electron chi connectivity index (χ0n) is 20.4. The summed E-state index contributed by atoms with van der Waals surface area (Å²) in [5.41, 5.74) is 9.58. The summed E-state index contributed by atoms with van der Waals surface area (Å²) < 4.78 is 5.36. The van der Waals surface area contributed by atoms with E-state index in [0.29, 0.717) is 23.8 Å². The molecule has 2 amide bonds. The van der Waals surface area contributed by atoms with Crippen molar-refractivity contribution in [3.63, 3.8) is 0 Å². The van der Waals surface area contributed by atoms with Gasteiger partial charge in [-0.2, -0.15) is 0 Å². The number of benzene rings is 1. The molecule has 186 valence electrons. The van der Waals surface area contributed by atoms with Gasteiger partial charge in [0.05, 0.1) is 13.2 Å². The molecule has 6 atom stereocenters. The Morgan fingerprint density at radius 1 is 1.09 bits per heavy atom. The highest BCUT2D eigenvalue weighted by molar-refractivity contribution is 5.76. The van der Waals surface area contributed by atoms with Crippen LogP contribution in [0.2, 0.25) is 0 Å². The minimum atomic E-state index is 0.123. The van der Waals surface area contributed by atoms with Crippen LogP contribution in [0, 0.1) is 11.8 Å². The molecule has 4 fully saturated rings. The molecule has 8 heteroatoms. The molecule has 5 unspecified atom stereocenters. The Morgan fingerprint density at radius 3 is 2.83 bits per heavy atom. The molecule has 1 saturated carbocycles. The van der Waals surface area contributed by atoms with Gasteiger partial charge in [-0.15, -0.1) is 0 Å². The van der Waals surface area contributed by atoms with Gasteiger partial charge in [-0.25, -0.2) is 15.2 Å². The molecule has 8 nitrogen and oxygen atoms in total. The summed E-state index contributed by atoms with van der Waals surface area (Å²) in [5, 5.41) is 3.39. The molecule has 0 bridgehead atoms. The van der Waals surface area contributed by atoms with Gasteiger partial charge in [0.2, 0.25) is 5.88 Å². The fourth-order valence-electron chi connectivity index (χ4n) is 6.76. The number of hydrogen-bond acceptors (Lipinski definition) is 6. The Morgan fingerprint density at radius 2 is 1.97 bits per heavy atom. The fourth-order valence-corrected chi connectivity index (χ4v) is 6.76. The molecule has 4 aliphatic rings. The SMILES string of the molecule is COc1cc(C2NNC3CC4NC(=O)N([C@@H]5CCCN(Cc6ccccc6)C5)CC4CC32)ccn1. The average Bonchev–Trinajstić information content (AvgIpc) is 3.30. The lowest BCUT2D eigenvalue weighted by molar-refractivity contribution is 0.0523. The van der Waals surface area contributed by atoms with Crippen LogP contribution in [0.25, 0.3) is 0 Å². The summed E-state index contributed by atoms with van der Waals surface area (Å²) in [6, 6.07) is 16.0. The Bertz CT molecular complexity index is 1040. The normalized spacial score (nSPS) is 33.1. The largest absolute Gasteiger partial charge is 0.481 e. The van der Waals surface area contributed by atoms with Crippen LogP contribution >= 0.6 is 0 Å². The summed E-state index contributed by atoms with van der Waals surface area (Å²) >= 11 is 0. The number of urea groups is 1. The van der Waals surface area contributed by atoms with Crippen LogP contribution in [0.15, 0.2) is 48.7 Å². The van der Waals surface area contributed by atoms with Gasteiger partial charge in [-0.3, -0.25) is 10.3 Å². The first kappa shape index (κ1) is 22.8. The Hall–Kier alpha value is -2.68. The van der Waals surface area contributed by atoms with Crippen LogP contribution in [0.3, 0.4) is 0 Å². The van der Waals surface area contributed by atoms with Crippen molar-refractivity contribution in [1.29, 1.82) is 0 Å². The molecule has 4 heterocycles. The first-order chi connectivity index (χ1) is 17.2. The third-order valence-electron chi connectivity index (χ3n) is 8.52. The number of aromatic nitrogens is 1. The van der Waals surface area contributed by atoms with Gasteiger partial charge in [0, 0.05) is 50.0 Å². The molecule has 3 aliphatic heterocycles. The highest BCUT2D eigenvalue weighted by Crippen LogP contribution is 2.42. The van der Waals surface area contributed by atoms with E-state index in [-0.39, 0.29) is 24.2 Å². The van der Waals surface area contributed by atoms with Crippen LogP contribution in [0.4, 0.5) is 4.79 Å². The van der Waals surface area contributed by atoms with E-state index in [9.17, 15) is 4.79 Å². The first-order valence-electron chi connectivity index (χ1n) is 13.0. The zero-order chi connectivity index (χ0) is 23.8. The van der Waals surface area contributed by atoms with Gasteiger partial charge in [-0.1, -0.05) is 30.3 Å². The van der Waals surface area contributed by atoms with Crippen molar-refractivity contribution < 1.29 is 9.53 Å². The van der Waals surface area contributed by atoms with Crippen molar-refractivity contribution in [2.45, 2.75) is 56.4 Å². The topological polar surface area (TPSA) is 81.8 Å². The number of hydrogen-bond donors (Lipinski definition) is 3. The molecule has 1 aromatic heterocycles. The summed E-state index contributed by atoms with van der Waals surface area (Å²) in [6.45, 7) is 3.87. The predicted molar refractivity (Wildman–Crippen MR) is 134 cm³/mol. The molecule has 35 heavy (non-hydrogen) atoms. The Balaban J connectivity index is 1.13. The predicted octanol–water partition coefficient (Wildman–Crippen LogP) is 2.69. The van der Waals surface area contributed by atoms with Crippen molar-refractivity contribution in [2.75, 3.05) is 26.7 Å². The minimum absolute atomic E-state index is 0.123. The summed E-state index contributed by atoms with van der Waals surface area (Å²) in [7, 11) is 1.66. The minimum Gasteiger partial charge on any atom is -0.481 e. The Kier molecular flexibility index (Phi) is 6.35. The number of piperidine rings is 1. The van der Waals surface area contributed by atoms with Crippen molar-refractivity contribution in [2.24, 2.45) is 11.8 Å². The lowest BCUT2D eigenvalue weighted by atomic mass is 9.71. The van der Waals surface area contributed by atoms with Crippen LogP contribution in [0.5, 0.6) is 5.88 Å². The molecule has 2 aromatic rings. The van der Waals surface area contributed by atoms with E-state index in [4.69, 9.17) is 4.74 Å². The molecule has 3 N–H and O–H groups in total. The molecule has 6 rings (SSSR count). The van der Waals surface area contributed by atoms with Gasteiger partial charge < -0.3 is 15.0 Å². The number of methoxy groups -OCH3 is 1. The second-order valence-electron chi connectivity index (χ2n) is 10.6. The van der Waals surface area contributed by atoms with Crippen molar-refractivity contribution in [1.82, 2.24) is 31.0 Å². The van der Waals surface area contributed by atoms with Crippen molar-refractivity contribution in [3.05, 3.63) is 59.8 Å². The maximum Gasteiger partial charge on any atom is 0.317 e. The van der Waals surface area contributed by atoms with Gasteiger partial charge in [0.15, 0.2) is 0 Å². The second kappa shape index (κ2) is 9.76. The highest BCUT2D eigenvalue weighted by Gasteiger charge is 2.48. The van der Waals surface area contributed by atoms with Gasteiger partial charge in [-0.05, 0) is 61.3 Å². The number of carbonyl (C=O) groups excluding carboxylic acids is 1. The van der Waals surface area contributed by atoms with E-state index >= 15 is 0 Å². The van der Waals surface area contributed by atoms with Crippen LogP contribution in [0.1, 0.15) is 42.9 Å². The zero-order valence-corrected chi connectivity index (χ0v) is 20.4. The van der Waals surface area contributed by atoms with Crippen LogP contribution in [-0.2, 0) is 6.54 Å². The van der Waals surface area contributed by atoms with Gasteiger partial charge in [0.25, 0.3) is 0 Å². The molecule has 1 aromatic carbocycles. The van der Waals surface area contributed by atoms with E-state index in [2.05, 4.69) is 67.4 Å². The number of likely N-dealkylation sites (tertiary alicyclic amines) is 1. The van der Waals surface area contributed by atoms with Gasteiger partial charge in [0.1, 0.15) is 0 Å². The molecular weight excluding hydrogens is 440 g/mol. The lowest BCUT2D eigenvalue weighted by Gasteiger charge is -2.49. The summed E-state index contributed by atoms with van der Waals surface area (Å²) in [4.78, 5) is 22.1.